The van der Waals surface area contributed by atoms with Gasteiger partial charge in [0, 0.05) is 25.0 Å². The molecule has 21 heavy (non-hydrogen) atoms. The van der Waals surface area contributed by atoms with E-state index in [4.69, 9.17) is 4.74 Å². The Morgan fingerprint density at radius 3 is 2.71 bits per heavy atom. The number of amides is 1. The second-order valence-electron chi connectivity index (χ2n) is 5.67. The highest BCUT2D eigenvalue weighted by Crippen LogP contribution is 2.22. The lowest BCUT2D eigenvalue weighted by Gasteiger charge is -2.33. The van der Waals surface area contributed by atoms with E-state index in [1.807, 2.05) is 37.9 Å². The van der Waals surface area contributed by atoms with Crippen molar-refractivity contribution in [2.24, 2.45) is 5.92 Å². The van der Waals surface area contributed by atoms with Gasteiger partial charge in [0.15, 0.2) is 0 Å². The molecular weight excluding hydrogens is 264 g/mol. The molecule has 1 fully saturated rings. The van der Waals surface area contributed by atoms with E-state index in [9.17, 15) is 4.79 Å². The SMILES string of the molecule is CCOc1ccc(C(CN2CCCC(C)C2=O)NC)cc1. The van der Waals surface area contributed by atoms with Gasteiger partial charge in [-0.1, -0.05) is 19.1 Å². The second kappa shape index (κ2) is 7.46. The van der Waals surface area contributed by atoms with Crippen molar-refractivity contribution in [3.8, 4) is 5.75 Å². The molecule has 2 rings (SSSR count). The molecule has 1 N–H and O–H groups in total. The van der Waals surface area contributed by atoms with Gasteiger partial charge in [-0.2, -0.15) is 0 Å². The van der Waals surface area contributed by atoms with Crippen LogP contribution < -0.4 is 10.1 Å². The van der Waals surface area contributed by atoms with Gasteiger partial charge in [-0.15, -0.1) is 0 Å². The number of piperidine rings is 1. The van der Waals surface area contributed by atoms with Crippen LogP contribution in [0.4, 0.5) is 0 Å². The number of nitrogens with one attached hydrogen (secondary N) is 1. The summed E-state index contributed by atoms with van der Waals surface area (Å²) in [6.45, 7) is 6.29. The molecule has 1 saturated heterocycles. The largest absolute Gasteiger partial charge is 0.494 e. The molecular formula is C17H26N2O2. The second-order valence-corrected chi connectivity index (χ2v) is 5.67. The van der Waals surface area contributed by atoms with Crippen LogP contribution in [-0.4, -0.2) is 37.6 Å². The van der Waals surface area contributed by atoms with Gasteiger partial charge in [0.2, 0.25) is 5.91 Å². The third-order valence-corrected chi connectivity index (χ3v) is 4.14. The molecule has 2 atom stereocenters. The number of likely N-dealkylation sites (N-methyl/N-ethyl adjacent to an activating group) is 1. The quantitative estimate of drug-likeness (QED) is 0.875. The summed E-state index contributed by atoms with van der Waals surface area (Å²) in [6, 6.07) is 8.29. The Bertz CT molecular complexity index is 458. The summed E-state index contributed by atoms with van der Waals surface area (Å²) in [7, 11) is 1.94. The lowest BCUT2D eigenvalue weighted by atomic mass is 9.97. The van der Waals surface area contributed by atoms with Crippen LogP contribution in [0.2, 0.25) is 0 Å². The first-order chi connectivity index (χ1) is 10.2. The number of benzene rings is 1. The van der Waals surface area contributed by atoms with Crippen LogP contribution in [-0.2, 0) is 4.79 Å². The van der Waals surface area contributed by atoms with E-state index in [2.05, 4.69) is 17.4 Å². The summed E-state index contributed by atoms with van der Waals surface area (Å²) < 4.78 is 5.47. The molecule has 1 aliphatic rings. The zero-order valence-corrected chi connectivity index (χ0v) is 13.3. The first kappa shape index (κ1) is 15.8. The summed E-state index contributed by atoms with van der Waals surface area (Å²) in [4.78, 5) is 14.2. The molecule has 0 radical (unpaired) electrons. The van der Waals surface area contributed by atoms with Gasteiger partial charge < -0.3 is 15.0 Å². The van der Waals surface area contributed by atoms with E-state index >= 15 is 0 Å². The fraction of sp³-hybridized carbons (Fsp3) is 0.588. The Labute approximate surface area is 127 Å². The van der Waals surface area contributed by atoms with Gasteiger partial charge in [0.1, 0.15) is 5.75 Å². The Morgan fingerprint density at radius 2 is 2.10 bits per heavy atom. The van der Waals surface area contributed by atoms with Gasteiger partial charge in [-0.25, -0.2) is 0 Å². The average Bonchev–Trinajstić information content (AvgIpc) is 2.50. The van der Waals surface area contributed by atoms with E-state index in [1.54, 1.807) is 0 Å². The number of nitrogens with zero attached hydrogens (tertiary/aromatic N) is 1. The molecule has 2 unspecified atom stereocenters. The molecule has 0 saturated carbocycles. The van der Waals surface area contributed by atoms with Crippen LogP contribution in [0.15, 0.2) is 24.3 Å². The predicted octanol–water partition coefficient (Wildman–Crippen LogP) is 2.60. The number of likely N-dealkylation sites (tertiary alicyclic amines) is 1. The van der Waals surface area contributed by atoms with Crippen molar-refractivity contribution < 1.29 is 9.53 Å². The Hall–Kier alpha value is -1.55. The lowest BCUT2D eigenvalue weighted by molar-refractivity contribution is -0.138. The predicted molar refractivity (Wildman–Crippen MR) is 84.4 cm³/mol. The molecule has 1 aliphatic heterocycles. The number of carbonyl (C=O) groups excluding carboxylic acids is 1. The third kappa shape index (κ3) is 3.97. The number of rotatable bonds is 6. The monoisotopic (exact) mass is 290 g/mol. The van der Waals surface area contributed by atoms with E-state index in [0.29, 0.717) is 6.61 Å². The van der Waals surface area contributed by atoms with Crippen molar-refractivity contribution in [2.75, 3.05) is 26.7 Å². The van der Waals surface area contributed by atoms with E-state index in [0.717, 1.165) is 31.7 Å². The average molecular weight is 290 g/mol. The minimum atomic E-state index is 0.162. The first-order valence-corrected chi connectivity index (χ1v) is 7.84. The normalized spacial score (nSPS) is 20.4. The zero-order valence-electron chi connectivity index (χ0n) is 13.3. The van der Waals surface area contributed by atoms with E-state index in [-0.39, 0.29) is 17.9 Å². The maximum absolute atomic E-state index is 12.2. The smallest absolute Gasteiger partial charge is 0.225 e. The highest BCUT2D eigenvalue weighted by Gasteiger charge is 2.27. The Balaban J connectivity index is 2.03. The number of hydrogen-bond donors (Lipinski definition) is 1. The van der Waals surface area contributed by atoms with Crippen molar-refractivity contribution in [3.63, 3.8) is 0 Å². The molecule has 0 bridgehead atoms. The molecule has 0 aromatic heterocycles. The van der Waals surface area contributed by atoms with Crippen molar-refractivity contribution in [2.45, 2.75) is 32.7 Å². The summed E-state index contributed by atoms with van der Waals surface area (Å²) >= 11 is 0. The van der Waals surface area contributed by atoms with Gasteiger partial charge in [0.25, 0.3) is 0 Å². The maximum Gasteiger partial charge on any atom is 0.225 e. The molecule has 116 valence electrons. The minimum absolute atomic E-state index is 0.162. The van der Waals surface area contributed by atoms with Gasteiger partial charge in [-0.3, -0.25) is 4.79 Å². The maximum atomic E-state index is 12.2. The molecule has 0 spiro atoms. The van der Waals surface area contributed by atoms with Crippen LogP contribution in [0.25, 0.3) is 0 Å². The molecule has 1 heterocycles. The highest BCUT2D eigenvalue weighted by molar-refractivity contribution is 5.79. The fourth-order valence-corrected chi connectivity index (χ4v) is 2.86. The van der Waals surface area contributed by atoms with E-state index in [1.165, 1.54) is 5.56 Å². The number of hydrogen-bond acceptors (Lipinski definition) is 3. The topological polar surface area (TPSA) is 41.6 Å². The van der Waals surface area contributed by atoms with Crippen molar-refractivity contribution in [1.82, 2.24) is 10.2 Å². The zero-order chi connectivity index (χ0) is 15.2. The van der Waals surface area contributed by atoms with Gasteiger partial charge >= 0.3 is 0 Å². The Kier molecular flexibility index (Phi) is 5.62. The van der Waals surface area contributed by atoms with E-state index < -0.39 is 0 Å². The Morgan fingerprint density at radius 1 is 1.38 bits per heavy atom. The lowest BCUT2D eigenvalue weighted by Crippen LogP contribution is -2.44. The van der Waals surface area contributed by atoms with Crippen molar-refractivity contribution >= 4 is 5.91 Å². The van der Waals surface area contributed by atoms with Crippen LogP contribution >= 0.6 is 0 Å². The summed E-state index contributed by atoms with van der Waals surface area (Å²) in [5.74, 6) is 1.34. The van der Waals surface area contributed by atoms with Crippen LogP contribution in [0, 0.1) is 5.92 Å². The van der Waals surface area contributed by atoms with Crippen molar-refractivity contribution in [1.29, 1.82) is 0 Å². The van der Waals surface area contributed by atoms with Crippen molar-refractivity contribution in [3.05, 3.63) is 29.8 Å². The molecule has 4 heteroatoms. The van der Waals surface area contributed by atoms with Crippen LogP contribution in [0.1, 0.15) is 38.3 Å². The molecule has 1 aromatic rings. The highest BCUT2D eigenvalue weighted by atomic mass is 16.5. The van der Waals surface area contributed by atoms with Crippen LogP contribution in [0.5, 0.6) is 5.75 Å². The number of carbonyl (C=O) groups is 1. The molecule has 4 nitrogen and oxygen atoms in total. The van der Waals surface area contributed by atoms with Gasteiger partial charge in [-0.05, 0) is 44.5 Å². The number of ether oxygens (including phenoxy) is 1. The summed E-state index contributed by atoms with van der Waals surface area (Å²) in [6.07, 6.45) is 2.12. The molecule has 0 aliphatic carbocycles. The fourth-order valence-electron chi connectivity index (χ4n) is 2.86. The van der Waals surface area contributed by atoms with Crippen LogP contribution in [0.3, 0.4) is 0 Å². The first-order valence-electron chi connectivity index (χ1n) is 7.84. The molecule has 1 aromatic carbocycles. The third-order valence-electron chi connectivity index (χ3n) is 4.14. The minimum Gasteiger partial charge on any atom is -0.494 e. The summed E-state index contributed by atoms with van der Waals surface area (Å²) in [5, 5.41) is 3.32. The van der Waals surface area contributed by atoms with Gasteiger partial charge in [0.05, 0.1) is 6.61 Å². The summed E-state index contributed by atoms with van der Waals surface area (Å²) in [5.41, 5.74) is 1.19. The standard InChI is InChI=1S/C17H26N2O2/c1-4-21-15-9-7-14(8-10-15)16(18-3)12-19-11-5-6-13(2)17(19)20/h7-10,13,16,18H,4-6,11-12H2,1-3H3. The molecule has 1 amide bonds.